The van der Waals surface area contributed by atoms with Crippen molar-refractivity contribution in [3.8, 4) is 0 Å². The summed E-state index contributed by atoms with van der Waals surface area (Å²) >= 11 is 0. The van der Waals surface area contributed by atoms with Crippen LogP contribution in [0.25, 0.3) is 0 Å². The maximum absolute atomic E-state index is 11.0. The summed E-state index contributed by atoms with van der Waals surface area (Å²) in [5.41, 5.74) is 0. The molecule has 4 heteroatoms. The normalized spacial score (nSPS) is 11.8. The van der Waals surface area contributed by atoms with E-state index in [-0.39, 0.29) is 11.9 Å². The van der Waals surface area contributed by atoms with Gasteiger partial charge in [0.15, 0.2) is 0 Å². The Hall–Kier alpha value is -1.06. The summed E-state index contributed by atoms with van der Waals surface area (Å²) in [4.78, 5) is 21.0. The van der Waals surface area contributed by atoms with E-state index in [1.165, 1.54) is 0 Å². The Balaban J connectivity index is 3.86. The SMILES string of the molecule is CCCC(NC=O)C(=O)NC. The molecule has 0 bridgehead atoms. The van der Waals surface area contributed by atoms with Gasteiger partial charge in [-0.05, 0) is 6.42 Å². The molecule has 0 aliphatic carbocycles. The maximum Gasteiger partial charge on any atom is 0.242 e. The van der Waals surface area contributed by atoms with Crippen LogP contribution in [0.2, 0.25) is 0 Å². The zero-order valence-corrected chi connectivity index (χ0v) is 6.89. The van der Waals surface area contributed by atoms with E-state index in [4.69, 9.17) is 0 Å². The fourth-order valence-corrected chi connectivity index (χ4v) is 0.835. The number of carbonyl (C=O) groups is 2. The van der Waals surface area contributed by atoms with Gasteiger partial charge in [0.05, 0.1) is 0 Å². The van der Waals surface area contributed by atoms with Crippen LogP contribution < -0.4 is 10.6 Å². The highest BCUT2D eigenvalue weighted by Gasteiger charge is 2.13. The number of rotatable bonds is 5. The molecule has 1 unspecified atom stereocenters. The molecule has 0 aromatic heterocycles. The number of carbonyl (C=O) groups excluding carboxylic acids is 2. The molecule has 0 radical (unpaired) electrons. The first-order chi connectivity index (χ1) is 5.26. The predicted molar refractivity (Wildman–Crippen MR) is 42.0 cm³/mol. The number of likely N-dealkylation sites (N-methyl/N-ethyl adjacent to an activating group) is 1. The Bertz CT molecular complexity index is 136. The van der Waals surface area contributed by atoms with E-state index in [1.54, 1.807) is 7.05 Å². The molecule has 0 aliphatic heterocycles. The van der Waals surface area contributed by atoms with Crippen molar-refractivity contribution in [3.05, 3.63) is 0 Å². The molecule has 0 aromatic rings. The van der Waals surface area contributed by atoms with Gasteiger partial charge in [0.25, 0.3) is 0 Å². The minimum Gasteiger partial charge on any atom is -0.357 e. The molecule has 4 nitrogen and oxygen atoms in total. The van der Waals surface area contributed by atoms with Crippen LogP contribution in [0.1, 0.15) is 19.8 Å². The third kappa shape index (κ3) is 3.60. The van der Waals surface area contributed by atoms with Crippen LogP contribution in [0.15, 0.2) is 0 Å². The predicted octanol–water partition coefficient (Wildman–Crippen LogP) is -0.353. The van der Waals surface area contributed by atoms with Gasteiger partial charge in [-0.25, -0.2) is 0 Å². The van der Waals surface area contributed by atoms with E-state index in [9.17, 15) is 9.59 Å². The number of hydrogen-bond acceptors (Lipinski definition) is 2. The zero-order chi connectivity index (χ0) is 8.69. The molecule has 64 valence electrons. The Morgan fingerprint density at radius 1 is 1.64 bits per heavy atom. The van der Waals surface area contributed by atoms with Gasteiger partial charge < -0.3 is 10.6 Å². The van der Waals surface area contributed by atoms with Crippen molar-refractivity contribution < 1.29 is 9.59 Å². The van der Waals surface area contributed by atoms with Gasteiger partial charge >= 0.3 is 0 Å². The molecule has 0 saturated heterocycles. The monoisotopic (exact) mass is 158 g/mol. The summed E-state index contributed by atoms with van der Waals surface area (Å²) in [6.45, 7) is 1.96. The average molecular weight is 158 g/mol. The molecule has 11 heavy (non-hydrogen) atoms. The molecule has 0 aromatic carbocycles. The molecule has 2 amide bonds. The van der Waals surface area contributed by atoms with E-state index in [2.05, 4.69) is 10.6 Å². The first kappa shape index (κ1) is 9.94. The van der Waals surface area contributed by atoms with Crippen molar-refractivity contribution in [2.45, 2.75) is 25.8 Å². The lowest BCUT2D eigenvalue weighted by Crippen LogP contribution is -2.42. The highest BCUT2D eigenvalue weighted by molar-refractivity contribution is 5.83. The van der Waals surface area contributed by atoms with Gasteiger partial charge in [0.2, 0.25) is 12.3 Å². The van der Waals surface area contributed by atoms with Crippen LogP contribution in [0.4, 0.5) is 0 Å². The van der Waals surface area contributed by atoms with E-state index in [0.29, 0.717) is 12.8 Å². The van der Waals surface area contributed by atoms with Crippen molar-refractivity contribution in [1.82, 2.24) is 10.6 Å². The van der Waals surface area contributed by atoms with Gasteiger partial charge in [-0.1, -0.05) is 13.3 Å². The molecule has 0 saturated carbocycles. The highest BCUT2D eigenvalue weighted by Crippen LogP contribution is 1.94. The Kier molecular flexibility index (Phi) is 5.15. The van der Waals surface area contributed by atoms with Crippen LogP contribution in [0, 0.1) is 0 Å². The summed E-state index contributed by atoms with van der Waals surface area (Å²) in [6, 6.07) is -0.373. The maximum atomic E-state index is 11.0. The Morgan fingerprint density at radius 3 is 2.64 bits per heavy atom. The Labute approximate surface area is 66.4 Å². The van der Waals surface area contributed by atoms with Crippen LogP contribution in [-0.4, -0.2) is 25.4 Å². The number of nitrogens with one attached hydrogen (secondary N) is 2. The second-order valence-electron chi connectivity index (χ2n) is 2.24. The first-order valence-electron chi connectivity index (χ1n) is 3.67. The van der Waals surface area contributed by atoms with Gasteiger partial charge in [0, 0.05) is 7.05 Å². The Morgan fingerprint density at radius 2 is 2.27 bits per heavy atom. The third-order valence-electron chi connectivity index (χ3n) is 1.41. The minimum absolute atomic E-state index is 0.140. The van der Waals surface area contributed by atoms with Gasteiger partial charge in [-0.3, -0.25) is 9.59 Å². The lowest BCUT2D eigenvalue weighted by atomic mass is 10.1. The van der Waals surface area contributed by atoms with Crippen molar-refractivity contribution in [2.24, 2.45) is 0 Å². The molecule has 0 rings (SSSR count). The topological polar surface area (TPSA) is 58.2 Å². The summed E-state index contributed by atoms with van der Waals surface area (Å²) in [6.07, 6.45) is 2.10. The first-order valence-corrected chi connectivity index (χ1v) is 3.67. The molecule has 0 aliphatic rings. The third-order valence-corrected chi connectivity index (χ3v) is 1.41. The lowest BCUT2D eigenvalue weighted by Gasteiger charge is -2.12. The van der Waals surface area contributed by atoms with Crippen LogP contribution in [0.3, 0.4) is 0 Å². The van der Waals surface area contributed by atoms with E-state index < -0.39 is 0 Å². The van der Waals surface area contributed by atoms with Gasteiger partial charge in [-0.15, -0.1) is 0 Å². The molecule has 0 heterocycles. The molecule has 2 N–H and O–H groups in total. The van der Waals surface area contributed by atoms with Gasteiger partial charge in [0.1, 0.15) is 6.04 Å². The van der Waals surface area contributed by atoms with Gasteiger partial charge in [-0.2, -0.15) is 0 Å². The second kappa shape index (κ2) is 5.70. The summed E-state index contributed by atoms with van der Waals surface area (Å²) in [7, 11) is 1.55. The quantitative estimate of drug-likeness (QED) is 0.537. The number of hydrogen-bond donors (Lipinski definition) is 2. The van der Waals surface area contributed by atoms with Crippen molar-refractivity contribution in [2.75, 3.05) is 7.05 Å². The standard InChI is InChI=1S/C7H14N2O2/c1-3-4-6(9-5-10)7(11)8-2/h5-6H,3-4H2,1-2H3,(H,8,11)(H,9,10). The van der Waals surface area contributed by atoms with E-state index >= 15 is 0 Å². The lowest BCUT2D eigenvalue weighted by molar-refractivity contribution is -0.125. The van der Waals surface area contributed by atoms with Crippen LogP contribution >= 0.6 is 0 Å². The largest absolute Gasteiger partial charge is 0.357 e. The zero-order valence-electron chi connectivity index (χ0n) is 6.89. The summed E-state index contributed by atoms with van der Waals surface area (Å²) in [5.74, 6) is -0.140. The van der Waals surface area contributed by atoms with Crippen LogP contribution in [0.5, 0.6) is 0 Å². The summed E-state index contributed by atoms with van der Waals surface area (Å²) < 4.78 is 0. The average Bonchev–Trinajstić information content (AvgIpc) is 2.03. The number of amides is 2. The summed E-state index contributed by atoms with van der Waals surface area (Å²) in [5, 5.41) is 4.92. The van der Waals surface area contributed by atoms with E-state index in [1.807, 2.05) is 6.92 Å². The fourth-order valence-electron chi connectivity index (χ4n) is 0.835. The smallest absolute Gasteiger partial charge is 0.242 e. The molecular weight excluding hydrogens is 144 g/mol. The molecular formula is C7H14N2O2. The van der Waals surface area contributed by atoms with Crippen LogP contribution in [-0.2, 0) is 9.59 Å². The fraction of sp³-hybridized carbons (Fsp3) is 0.714. The molecule has 0 spiro atoms. The van der Waals surface area contributed by atoms with Crippen molar-refractivity contribution in [3.63, 3.8) is 0 Å². The van der Waals surface area contributed by atoms with E-state index in [0.717, 1.165) is 6.42 Å². The van der Waals surface area contributed by atoms with Crippen molar-refractivity contribution >= 4 is 12.3 Å². The highest BCUT2D eigenvalue weighted by atomic mass is 16.2. The minimum atomic E-state index is -0.373. The molecule has 1 atom stereocenters. The van der Waals surface area contributed by atoms with Crippen molar-refractivity contribution in [1.29, 1.82) is 0 Å². The molecule has 0 fully saturated rings. The second-order valence-corrected chi connectivity index (χ2v) is 2.24.